The molecule has 0 amide bonds. The van der Waals surface area contributed by atoms with E-state index in [-0.39, 0.29) is 24.5 Å². The summed E-state index contributed by atoms with van der Waals surface area (Å²) in [5.74, 6) is 0.221. The number of nitrogens with zero attached hydrogens (tertiary/aromatic N) is 4. The van der Waals surface area contributed by atoms with Gasteiger partial charge >= 0.3 is 7.60 Å². The van der Waals surface area contributed by atoms with E-state index in [9.17, 15) is 4.57 Å². The van der Waals surface area contributed by atoms with Crippen LogP contribution in [0.25, 0.3) is 11.2 Å². The number of anilines is 2. The van der Waals surface area contributed by atoms with Gasteiger partial charge in [0.1, 0.15) is 17.8 Å². The van der Waals surface area contributed by atoms with Gasteiger partial charge in [0.25, 0.3) is 0 Å². The van der Waals surface area contributed by atoms with Gasteiger partial charge in [-0.2, -0.15) is 9.97 Å². The Morgan fingerprint density at radius 1 is 1.41 bits per heavy atom. The summed E-state index contributed by atoms with van der Waals surface area (Å²) in [6.07, 6.45) is -0.262. The molecule has 6 N–H and O–H groups in total. The van der Waals surface area contributed by atoms with E-state index in [1.807, 2.05) is 0 Å². The van der Waals surface area contributed by atoms with Crippen LogP contribution < -0.4 is 11.5 Å². The van der Waals surface area contributed by atoms with Crippen molar-refractivity contribution in [2.45, 2.75) is 18.9 Å². The van der Waals surface area contributed by atoms with Gasteiger partial charge in [-0.15, -0.1) is 0 Å². The number of nitrogens with two attached hydrogens (primary N) is 2. The van der Waals surface area contributed by atoms with Gasteiger partial charge < -0.3 is 35.3 Å². The molecule has 1 fully saturated rings. The first kappa shape index (κ1) is 15.1. The lowest BCUT2D eigenvalue weighted by atomic mass is 10.4. The topological polar surface area (TPSA) is 172 Å². The van der Waals surface area contributed by atoms with Gasteiger partial charge in [0.15, 0.2) is 17.8 Å². The second kappa shape index (κ2) is 5.45. The number of rotatable bonds is 4. The van der Waals surface area contributed by atoms with E-state index in [2.05, 4.69) is 15.0 Å². The number of hydrogen-bond donors (Lipinski definition) is 4. The van der Waals surface area contributed by atoms with Crippen molar-refractivity contribution in [3.05, 3.63) is 6.33 Å². The third-order valence-electron chi connectivity index (χ3n) is 3.11. The predicted molar refractivity (Wildman–Crippen MR) is 75.7 cm³/mol. The van der Waals surface area contributed by atoms with Gasteiger partial charge in [-0.05, 0) is 0 Å². The molecule has 22 heavy (non-hydrogen) atoms. The van der Waals surface area contributed by atoms with Crippen molar-refractivity contribution in [1.29, 1.82) is 0 Å². The second-order valence-corrected chi connectivity index (χ2v) is 6.60. The molecule has 0 saturated carbocycles. The van der Waals surface area contributed by atoms with Crippen LogP contribution in [-0.4, -0.2) is 54.5 Å². The molecule has 3 rings (SSSR count). The lowest BCUT2D eigenvalue weighted by Gasteiger charge is -2.12. The van der Waals surface area contributed by atoms with E-state index in [0.717, 1.165) is 0 Å². The highest BCUT2D eigenvalue weighted by Gasteiger charge is 2.32. The zero-order valence-electron chi connectivity index (χ0n) is 11.4. The number of hydrogen-bond acceptors (Lipinski definition) is 8. The lowest BCUT2D eigenvalue weighted by Crippen LogP contribution is -2.20. The molecule has 0 spiro atoms. The summed E-state index contributed by atoms with van der Waals surface area (Å²) in [5.41, 5.74) is 12.2. The van der Waals surface area contributed by atoms with Crippen molar-refractivity contribution < 1.29 is 23.8 Å². The average molecular weight is 330 g/mol. The molecule has 3 heterocycles. The van der Waals surface area contributed by atoms with Gasteiger partial charge in [-0.25, -0.2) is 4.98 Å². The molecule has 2 atom stereocenters. The van der Waals surface area contributed by atoms with Crippen LogP contribution >= 0.6 is 7.60 Å². The standard InChI is InChI=1S/C10H15N6O5P/c11-8-7-9(15-10(12)14-8)16(4-13-7)1-5-2-20-6(21-5)3-22(17,18)19/h4-6H,1-3H2,(H2,17,18,19)(H4,11,12,14,15)/t5-,6-/m0/s1. The fourth-order valence-electron chi connectivity index (χ4n) is 2.23. The minimum absolute atomic E-state index is 0.0368. The molecule has 0 aliphatic carbocycles. The zero-order chi connectivity index (χ0) is 15.9. The minimum atomic E-state index is -4.19. The zero-order valence-corrected chi connectivity index (χ0v) is 12.3. The molecule has 2 aromatic heterocycles. The van der Waals surface area contributed by atoms with Gasteiger partial charge in [0, 0.05) is 0 Å². The van der Waals surface area contributed by atoms with Crippen molar-refractivity contribution in [3.63, 3.8) is 0 Å². The van der Waals surface area contributed by atoms with Crippen LogP contribution in [0.1, 0.15) is 0 Å². The SMILES string of the molecule is Nc1nc(N)c2ncn(C[C@H]3CO[C@H](CP(=O)(O)O)O3)c2n1. The maximum Gasteiger partial charge on any atom is 0.330 e. The predicted octanol–water partition coefficient (Wildman–Crippen LogP) is -1.09. The molecule has 0 aromatic carbocycles. The van der Waals surface area contributed by atoms with E-state index in [1.54, 1.807) is 4.57 Å². The Hall–Kier alpha value is -1.78. The van der Waals surface area contributed by atoms with Crippen LogP contribution in [0.4, 0.5) is 11.8 Å². The number of nitrogen functional groups attached to an aromatic ring is 2. The molecule has 2 aromatic rings. The highest BCUT2D eigenvalue weighted by Crippen LogP contribution is 2.37. The van der Waals surface area contributed by atoms with Gasteiger partial charge in [-0.3, -0.25) is 4.57 Å². The van der Waals surface area contributed by atoms with Crippen LogP contribution in [0.15, 0.2) is 6.33 Å². The quantitative estimate of drug-likeness (QED) is 0.505. The van der Waals surface area contributed by atoms with Crippen molar-refractivity contribution in [3.8, 4) is 0 Å². The van der Waals surface area contributed by atoms with Crippen LogP contribution in [0.3, 0.4) is 0 Å². The van der Waals surface area contributed by atoms with Crippen molar-refractivity contribution in [1.82, 2.24) is 19.5 Å². The summed E-state index contributed by atoms with van der Waals surface area (Å²) in [7, 11) is -4.19. The molecule has 0 radical (unpaired) electrons. The fraction of sp³-hybridized carbons (Fsp3) is 0.500. The Bertz CT molecular complexity index is 745. The molecule has 1 aliphatic heterocycles. The molecule has 0 bridgehead atoms. The van der Waals surface area contributed by atoms with E-state index in [4.69, 9.17) is 30.7 Å². The minimum Gasteiger partial charge on any atom is -0.382 e. The first-order chi connectivity index (χ1) is 10.3. The summed E-state index contributed by atoms with van der Waals surface area (Å²) < 4.78 is 23.3. The number of aromatic nitrogens is 4. The summed E-state index contributed by atoms with van der Waals surface area (Å²) in [4.78, 5) is 29.9. The Balaban J connectivity index is 1.74. The highest BCUT2D eigenvalue weighted by atomic mass is 31.2. The summed E-state index contributed by atoms with van der Waals surface area (Å²) in [6, 6.07) is 0. The Morgan fingerprint density at radius 3 is 2.91 bits per heavy atom. The molecular formula is C10H15N6O5P. The first-order valence-electron chi connectivity index (χ1n) is 6.37. The molecule has 12 heteroatoms. The smallest absolute Gasteiger partial charge is 0.330 e. The lowest BCUT2D eigenvalue weighted by molar-refractivity contribution is -0.0442. The third kappa shape index (κ3) is 3.18. The normalized spacial score (nSPS) is 22.5. The Kier molecular flexibility index (Phi) is 3.75. The van der Waals surface area contributed by atoms with Gasteiger partial charge in [0.2, 0.25) is 5.95 Å². The molecular weight excluding hydrogens is 315 g/mol. The summed E-state index contributed by atoms with van der Waals surface area (Å²) in [6.45, 7) is 0.546. The van der Waals surface area contributed by atoms with E-state index in [0.29, 0.717) is 17.7 Å². The van der Waals surface area contributed by atoms with Crippen molar-refractivity contribution in [2.24, 2.45) is 0 Å². The summed E-state index contributed by atoms with van der Waals surface area (Å²) >= 11 is 0. The first-order valence-corrected chi connectivity index (χ1v) is 8.17. The number of fused-ring (bicyclic) bond motifs is 1. The van der Waals surface area contributed by atoms with Crippen LogP contribution in [-0.2, 0) is 20.6 Å². The molecule has 120 valence electrons. The molecule has 0 unspecified atom stereocenters. The number of imidazole rings is 1. The van der Waals surface area contributed by atoms with Crippen molar-refractivity contribution >= 4 is 30.5 Å². The fourth-order valence-corrected chi connectivity index (χ4v) is 2.81. The molecule has 1 aliphatic rings. The third-order valence-corrected chi connectivity index (χ3v) is 3.88. The second-order valence-electron chi connectivity index (χ2n) is 4.90. The average Bonchev–Trinajstić information content (AvgIpc) is 2.96. The van der Waals surface area contributed by atoms with E-state index < -0.39 is 20.0 Å². The Labute approximate surface area is 124 Å². The van der Waals surface area contributed by atoms with E-state index in [1.165, 1.54) is 6.33 Å². The maximum absolute atomic E-state index is 10.9. The van der Waals surface area contributed by atoms with Gasteiger partial charge in [0.05, 0.1) is 19.5 Å². The highest BCUT2D eigenvalue weighted by molar-refractivity contribution is 7.51. The van der Waals surface area contributed by atoms with Crippen molar-refractivity contribution in [2.75, 3.05) is 24.2 Å². The molecule has 1 saturated heterocycles. The monoisotopic (exact) mass is 330 g/mol. The maximum atomic E-state index is 10.9. The van der Waals surface area contributed by atoms with Gasteiger partial charge in [-0.1, -0.05) is 0 Å². The van der Waals surface area contributed by atoms with E-state index >= 15 is 0 Å². The largest absolute Gasteiger partial charge is 0.382 e. The van der Waals surface area contributed by atoms with Crippen LogP contribution in [0.5, 0.6) is 0 Å². The molecule has 11 nitrogen and oxygen atoms in total. The van der Waals surface area contributed by atoms with Crippen LogP contribution in [0.2, 0.25) is 0 Å². The number of ether oxygens (including phenoxy) is 2. The van der Waals surface area contributed by atoms with Crippen LogP contribution in [0, 0.1) is 0 Å². The Morgan fingerprint density at radius 2 is 2.18 bits per heavy atom. The summed E-state index contributed by atoms with van der Waals surface area (Å²) in [5, 5.41) is 0.